The second-order valence-corrected chi connectivity index (χ2v) is 7.49. The molecule has 0 bridgehead atoms. The van der Waals surface area contributed by atoms with Gasteiger partial charge in [0.2, 0.25) is 0 Å². The maximum absolute atomic E-state index is 13.3. The van der Waals surface area contributed by atoms with E-state index < -0.39 is 17.8 Å². The number of piperidine rings is 1. The topological polar surface area (TPSA) is 3.24 Å². The van der Waals surface area contributed by atoms with Crippen molar-refractivity contribution in [3.05, 3.63) is 0 Å². The summed E-state index contributed by atoms with van der Waals surface area (Å²) in [6.45, 7) is 12.4. The van der Waals surface area contributed by atoms with Gasteiger partial charge in [-0.25, -0.2) is 0 Å². The van der Waals surface area contributed by atoms with Crippen LogP contribution in [0.3, 0.4) is 0 Å². The van der Waals surface area contributed by atoms with E-state index in [2.05, 4.69) is 20.8 Å². The summed E-state index contributed by atoms with van der Waals surface area (Å²) in [6.07, 6.45) is -2.10. The number of nitrogens with zero attached hydrogens (tertiary/aromatic N) is 1. The molecular weight excluding hydrogens is 251 g/mol. The minimum Gasteiger partial charge on any atom is -0.287 e. The third-order valence-electron chi connectivity index (χ3n) is 4.86. The molecule has 1 fully saturated rings. The molecule has 1 aliphatic rings. The van der Waals surface area contributed by atoms with Crippen LogP contribution in [-0.4, -0.2) is 29.2 Å². The van der Waals surface area contributed by atoms with Crippen LogP contribution in [-0.2, 0) is 0 Å². The second-order valence-electron chi connectivity index (χ2n) is 7.49. The van der Waals surface area contributed by atoms with Gasteiger partial charge in [0.15, 0.2) is 0 Å². The molecule has 0 aromatic carbocycles. The molecule has 0 aliphatic carbocycles. The highest BCUT2D eigenvalue weighted by atomic mass is 19.4. The number of rotatable bonds is 2. The molecule has 1 heterocycles. The summed E-state index contributed by atoms with van der Waals surface area (Å²) >= 11 is 0. The minimum atomic E-state index is -4.13. The average Bonchev–Trinajstić information content (AvgIpc) is 2.26. The monoisotopic (exact) mass is 279 g/mol. The van der Waals surface area contributed by atoms with Crippen molar-refractivity contribution in [1.29, 1.82) is 0 Å². The standard InChI is InChI=1S/C15H28F3N/c1-7-14(5,6)11-8-9-19(13(2,3)4)12(10-11)15(16,17)18/h11-12H,7-10H2,1-6H3/t11-,12+/m1/s1. The highest BCUT2D eigenvalue weighted by molar-refractivity contribution is 4.95. The number of hydrogen-bond donors (Lipinski definition) is 0. The quantitative estimate of drug-likeness (QED) is 0.697. The predicted octanol–water partition coefficient (Wildman–Crippen LogP) is 4.86. The first-order valence-corrected chi connectivity index (χ1v) is 7.23. The molecule has 1 aliphatic heterocycles. The molecule has 1 rings (SSSR count). The molecule has 0 N–H and O–H groups in total. The van der Waals surface area contributed by atoms with E-state index in [-0.39, 0.29) is 17.8 Å². The summed E-state index contributed by atoms with van der Waals surface area (Å²) in [6, 6.07) is -1.29. The number of hydrogen-bond acceptors (Lipinski definition) is 1. The molecule has 114 valence electrons. The van der Waals surface area contributed by atoms with Crippen LogP contribution in [0.1, 0.15) is 60.8 Å². The molecule has 1 saturated heterocycles. The summed E-state index contributed by atoms with van der Waals surface area (Å²) in [5.41, 5.74) is -0.436. The van der Waals surface area contributed by atoms with Crippen LogP contribution in [0, 0.1) is 11.3 Å². The Hall–Kier alpha value is -0.250. The zero-order chi connectivity index (χ0) is 15.1. The van der Waals surface area contributed by atoms with Gasteiger partial charge in [0.1, 0.15) is 6.04 Å². The Balaban J connectivity index is 2.96. The Morgan fingerprint density at radius 1 is 1.05 bits per heavy atom. The molecule has 19 heavy (non-hydrogen) atoms. The van der Waals surface area contributed by atoms with Crippen LogP contribution >= 0.6 is 0 Å². The minimum absolute atomic E-state index is 0.00647. The maximum Gasteiger partial charge on any atom is 0.404 e. The average molecular weight is 279 g/mol. The Morgan fingerprint density at radius 3 is 1.95 bits per heavy atom. The van der Waals surface area contributed by atoms with Crippen molar-refractivity contribution in [2.24, 2.45) is 11.3 Å². The molecule has 0 aromatic heterocycles. The van der Waals surface area contributed by atoms with Crippen molar-refractivity contribution in [3.63, 3.8) is 0 Å². The van der Waals surface area contributed by atoms with E-state index in [0.29, 0.717) is 6.54 Å². The fourth-order valence-electron chi connectivity index (χ4n) is 3.08. The van der Waals surface area contributed by atoms with Gasteiger partial charge in [0, 0.05) is 5.54 Å². The first kappa shape index (κ1) is 16.8. The Labute approximate surface area is 115 Å². The third kappa shape index (κ3) is 3.87. The van der Waals surface area contributed by atoms with E-state index in [1.807, 2.05) is 20.8 Å². The zero-order valence-electron chi connectivity index (χ0n) is 13.1. The second kappa shape index (κ2) is 5.27. The fraction of sp³-hybridized carbons (Fsp3) is 1.00. The lowest BCUT2D eigenvalue weighted by molar-refractivity contribution is -0.213. The molecule has 0 unspecified atom stereocenters. The predicted molar refractivity (Wildman–Crippen MR) is 73.1 cm³/mol. The molecule has 4 heteroatoms. The van der Waals surface area contributed by atoms with E-state index in [9.17, 15) is 13.2 Å². The van der Waals surface area contributed by atoms with Gasteiger partial charge in [-0.2, -0.15) is 13.2 Å². The SMILES string of the molecule is CCC(C)(C)[C@@H]1CCN(C(C)(C)C)[C@H](C(F)(F)F)C1. The van der Waals surface area contributed by atoms with Crippen molar-refractivity contribution in [3.8, 4) is 0 Å². The van der Waals surface area contributed by atoms with Gasteiger partial charge in [-0.15, -0.1) is 0 Å². The van der Waals surface area contributed by atoms with E-state index in [0.717, 1.165) is 12.8 Å². The first-order chi connectivity index (χ1) is 8.39. The van der Waals surface area contributed by atoms with Crippen molar-refractivity contribution < 1.29 is 13.2 Å². The Morgan fingerprint density at radius 2 is 1.58 bits per heavy atom. The van der Waals surface area contributed by atoms with Crippen LogP contribution in [0.25, 0.3) is 0 Å². The van der Waals surface area contributed by atoms with Gasteiger partial charge in [-0.1, -0.05) is 27.2 Å². The highest BCUT2D eigenvalue weighted by Gasteiger charge is 2.51. The lowest BCUT2D eigenvalue weighted by Crippen LogP contribution is -2.59. The molecular formula is C15H28F3N. The van der Waals surface area contributed by atoms with Crippen LogP contribution < -0.4 is 0 Å². The van der Waals surface area contributed by atoms with Gasteiger partial charge in [-0.05, 0) is 51.5 Å². The summed E-state index contributed by atoms with van der Waals surface area (Å²) < 4.78 is 40.0. The molecule has 0 amide bonds. The Kier molecular flexibility index (Phi) is 4.66. The van der Waals surface area contributed by atoms with Crippen LogP contribution in [0.4, 0.5) is 13.2 Å². The van der Waals surface area contributed by atoms with Gasteiger partial charge in [-0.3, -0.25) is 4.90 Å². The van der Waals surface area contributed by atoms with E-state index in [1.54, 1.807) is 4.90 Å². The van der Waals surface area contributed by atoms with Crippen molar-refractivity contribution in [1.82, 2.24) is 4.90 Å². The van der Waals surface area contributed by atoms with E-state index >= 15 is 0 Å². The molecule has 2 atom stereocenters. The van der Waals surface area contributed by atoms with Crippen molar-refractivity contribution in [2.45, 2.75) is 78.6 Å². The molecule has 1 nitrogen and oxygen atoms in total. The van der Waals surface area contributed by atoms with Gasteiger partial charge in [0.25, 0.3) is 0 Å². The molecule has 0 radical (unpaired) electrons. The third-order valence-corrected chi connectivity index (χ3v) is 4.86. The smallest absolute Gasteiger partial charge is 0.287 e. The molecule has 0 saturated carbocycles. The van der Waals surface area contributed by atoms with Crippen LogP contribution in [0.5, 0.6) is 0 Å². The lowest BCUT2D eigenvalue weighted by atomic mass is 9.69. The number of likely N-dealkylation sites (tertiary alicyclic amines) is 1. The Bertz CT molecular complexity index is 301. The molecule has 0 aromatic rings. The summed E-state index contributed by atoms with van der Waals surface area (Å²) in [7, 11) is 0. The van der Waals surface area contributed by atoms with Gasteiger partial charge >= 0.3 is 6.18 Å². The summed E-state index contributed by atoms with van der Waals surface area (Å²) in [5.74, 6) is 0.155. The normalized spacial score (nSPS) is 27.6. The van der Waals surface area contributed by atoms with Crippen molar-refractivity contribution in [2.75, 3.05) is 6.54 Å². The fourth-order valence-corrected chi connectivity index (χ4v) is 3.08. The highest BCUT2D eigenvalue weighted by Crippen LogP contribution is 2.45. The van der Waals surface area contributed by atoms with Crippen molar-refractivity contribution >= 4 is 0 Å². The van der Waals surface area contributed by atoms with E-state index in [4.69, 9.17) is 0 Å². The molecule has 0 spiro atoms. The summed E-state index contributed by atoms with van der Waals surface area (Å²) in [4.78, 5) is 1.63. The van der Waals surface area contributed by atoms with Gasteiger partial charge in [0.05, 0.1) is 0 Å². The van der Waals surface area contributed by atoms with Gasteiger partial charge < -0.3 is 0 Å². The van der Waals surface area contributed by atoms with Crippen LogP contribution in [0.15, 0.2) is 0 Å². The summed E-state index contributed by atoms with van der Waals surface area (Å²) in [5, 5.41) is 0. The number of halogens is 3. The lowest BCUT2D eigenvalue weighted by Gasteiger charge is -2.50. The zero-order valence-corrected chi connectivity index (χ0v) is 13.1. The largest absolute Gasteiger partial charge is 0.404 e. The first-order valence-electron chi connectivity index (χ1n) is 7.23. The maximum atomic E-state index is 13.3. The van der Waals surface area contributed by atoms with Crippen LogP contribution in [0.2, 0.25) is 0 Å². The van der Waals surface area contributed by atoms with E-state index in [1.165, 1.54) is 0 Å². The number of alkyl halides is 3.